The maximum Gasteiger partial charge on any atom is 0.243 e. The Morgan fingerprint density at radius 2 is 1.93 bits per heavy atom. The van der Waals surface area contributed by atoms with E-state index in [4.69, 9.17) is 9.15 Å². The molecule has 4 rings (SSSR count). The number of hydrogen-bond acceptors (Lipinski definition) is 7. The van der Waals surface area contributed by atoms with Gasteiger partial charge in [-0.2, -0.15) is 4.31 Å². The van der Waals surface area contributed by atoms with Crippen molar-refractivity contribution < 1.29 is 17.6 Å². The fraction of sp³-hybridized carbons (Fsp3) is 0.368. The van der Waals surface area contributed by atoms with Crippen molar-refractivity contribution in [2.45, 2.75) is 30.6 Å². The topological polar surface area (TPSA) is 85.5 Å². The normalized spacial score (nSPS) is 16.3. The zero-order chi connectivity index (χ0) is 19.6. The van der Waals surface area contributed by atoms with E-state index >= 15 is 0 Å². The minimum atomic E-state index is -3.50. The Kier molecular flexibility index (Phi) is 5.47. The molecule has 0 aliphatic carbocycles. The first-order valence-electron chi connectivity index (χ1n) is 9.18. The van der Waals surface area contributed by atoms with Crippen molar-refractivity contribution in [2.24, 2.45) is 0 Å². The number of rotatable bonds is 6. The number of benzene rings is 1. The van der Waals surface area contributed by atoms with Crippen LogP contribution < -0.4 is 4.74 Å². The van der Waals surface area contributed by atoms with Crippen LogP contribution in [-0.2, 0) is 10.0 Å². The molecule has 3 heterocycles. The van der Waals surface area contributed by atoms with Crippen molar-refractivity contribution in [3.05, 3.63) is 47.7 Å². The Bertz CT molecular complexity index is 1010. The van der Waals surface area contributed by atoms with Gasteiger partial charge in [-0.1, -0.05) is 11.3 Å². The van der Waals surface area contributed by atoms with Gasteiger partial charge in [-0.15, -0.1) is 10.2 Å². The van der Waals surface area contributed by atoms with Gasteiger partial charge in [0.2, 0.25) is 10.0 Å². The van der Waals surface area contributed by atoms with Crippen LogP contribution in [0.5, 0.6) is 5.75 Å². The molecule has 0 amide bonds. The van der Waals surface area contributed by atoms with Gasteiger partial charge in [0.05, 0.1) is 17.8 Å². The molecular weight excluding hydrogens is 398 g/mol. The molecule has 7 nitrogen and oxygen atoms in total. The molecular formula is C19H21N3O4S2. The maximum absolute atomic E-state index is 12.9. The fourth-order valence-electron chi connectivity index (χ4n) is 3.27. The van der Waals surface area contributed by atoms with Gasteiger partial charge < -0.3 is 9.15 Å². The first-order valence-corrected chi connectivity index (χ1v) is 11.4. The molecule has 3 aromatic rings. The van der Waals surface area contributed by atoms with Gasteiger partial charge in [0, 0.05) is 19.0 Å². The molecule has 1 aliphatic heterocycles. The van der Waals surface area contributed by atoms with E-state index in [2.05, 4.69) is 10.2 Å². The lowest BCUT2D eigenvalue weighted by Gasteiger charge is -2.30. The molecule has 0 atom stereocenters. The van der Waals surface area contributed by atoms with Crippen molar-refractivity contribution in [1.82, 2.24) is 14.5 Å². The van der Waals surface area contributed by atoms with Crippen LogP contribution in [0.25, 0.3) is 10.8 Å². The summed E-state index contributed by atoms with van der Waals surface area (Å²) in [6, 6.07) is 10.3. The zero-order valence-electron chi connectivity index (χ0n) is 15.4. The molecule has 1 fully saturated rings. The molecule has 1 saturated heterocycles. The number of nitrogens with zero attached hydrogens (tertiary/aromatic N) is 3. The summed E-state index contributed by atoms with van der Waals surface area (Å²) >= 11 is 1.51. The molecule has 148 valence electrons. The maximum atomic E-state index is 12.9. The van der Waals surface area contributed by atoms with Crippen molar-refractivity contribution in [3.8, 4) is 16.5 Å². The first kappa shape index (κ1) is 19.1. The summed E-state index contributed by atoms with van der Waals surface area (Å²) in [7, 11) is -3.50. The molecule has 0 spiro atoms. The molecule has 0 N–H and O–H groups in total. The highest BCUT2D eigenvalue weighted by atomic mass is 32.2. The second kappa shape index (κ2) is 8.02. The molecule has 2 aromatic heterocycles. The highest BCUT2D eigenvalue weighted by Gasteiger charge is 2.31. The predicted octanol–water partition coefficient (Wildman–Crippen LogP) is 3.77. The Morgan fingerprint density at radius 3 is 2.57 bits per heavy atom. The third kappa shape index (κ3) is 3.82. The number of sulfonamides is 1. The second-order valence-electron chi connectivity index (χ2n) is 6.51. The summed E-state index contributed by atoms with van der Waals surface area (Å²) in [5, 5.41) is 10.2. The van der Waals surface area contributed by atoms with E-state index in [0.717, 1.165) is 22.9 Å². The van der Waals surface area contributed by atoms with Crippen LogP contribution >= 0.6 is 11.3 Å². The van der Waals surface area contributed by atoms with Gasteiger partial charge in [0.25, 0.3) is 0 Å². The van der Waals surface area contributed by atoms with Crippen molar-refractivity contribution in [1.29, 1.82) is 0 Å². The van der Waals surface area contributed by atoms with Gasteiger partial charge in [-0.25, -0.2) is 8.42 Å². The van der Waals surface area contributed by atoms with E-state index in [1.807, 2.05) is 19.1 Å². The molecule has 0 unspecified atom stereocenters. The quantitative estimate of drug-likeness (QED) is 0.605. The van der Waals surface area contributed by atoms with Gasteiger partial charge in [-0.05, 0) is 56.2 Å². The van der Waals surface area contributed by atoms with Crippen LogP contribution in [0.1, 0.15) is 30.7 Å². The molecule has 0 radical (unpaired) electrons. The van der Waals surface area contributed by atoms with Crippen LogP contribution in [0.3, 0.4) is 0 Å². The average molecular weight is 420 g/mol. The number of hydrogen-bond donors (Lipinski definition) is 0. The third-order valence-corrected chi connectivity index (χ3v) is 7.76. The number of piperidine rings is 1. The lowest BCUT2D eigenvalue weighted by atomic mass is 9.99. The van der Waals surface area contributed by atoms with E-state index < -0.39 is 10.0 Å². The third-order valence-electron chi connectivity index (χ3n) is 4.75. The Morgan fingerprint density at radius 1 is 1.18 bits per heavy atom. The number of ether oxygens (including phenoxy) is 1. The van der Waals surface area contributed by atoms with Crippen molar-refractivity contribution in [3.63, 3.8) is 0 Å². The van der Waals surface area contributed by atoms with Gasteiger partial charge >= 0.3 is 0 Å². The van der Waals surface area contributed by atoms with E-state index in [0.29, 0.717) is 36.1 Å². The van der Waals surface area contributed by atoms with Crippen LogP contribution in [-0.4, -0.2) is 42.6 Å². The number of furan rings is 1. The van der Waals surface area contributed by atoms with Gasteiger partial charge in [0.1, 0.15) is 10.8 Å². The lowest BCUT2D eigenvalue weighted by molar-refractivity contribution is 0.318. The Balaban J connectivity index is 1.42. The number of aromatic nitrogens is 2. The van der Waals surface area contributed by atoms with Crippen LogP contribution in [0.2, 0.25) is 0 Å². The van der Waals surface area contributed by atoms with Crippen LogP contribution in [0.4, 0.5) is 0 Å². The SMILES string of the molecule is CCOc1ccc(S(=O)(=O)N2CCC(c3nnc(-c4ccco4)s3)CC2)cc1. The van der Waals surface area contributed by atoms with Crippen molar-refractivity contribution in [2.75, 3.05) is 19.7 Å². The van der Waals surface area contributed by atoms with E-state index in [-0.39, 0.29) is 5.92 Å². The molecule has 0 saturated carbocycles. The predicted molar refractivity (Wildman–Crippen MR) is 106 cm³/mol. The fourth-order valence-corrected chi connectivity index (χ4v) is 5.72. The average Bonchev–Trinajstić information content (AvgIpc) is 3.41. The van der Waals surface area contributed by atoms with E-state index in [9.17, 15) is 8.42 Å². The van der Waals surface area contributed by atoms with E-state index in [1.54, 1.807) is 34.8 Å². The Hall–Kier alpha value is -2.23. The summed E-state index contributed by atoms with van der Waals surface area (Å²) in [6.07, 6.45) is 3.06. The monoisotopic (exact) mass is 419 g/mol. The Labute approximate surface area is 168 Å². The minimum Gasteiger partial charge on any atom is -0.494 e. The molecule has 1 aliphatic rings. The lowest BCUT2D eigenvalue weighted by Crippen LogP contribution is -2.37. The molecule has 28 heavy (non-hydrogen) atoms. The summed E-state index contributed by atoms with van der Waals surface area (Å²) in [6.45, 7) is 3.38. The molecule has 0 bridgehead atoms. The van der Waals surface area contributed by atoms with Gasteiger partial charge in [0.15, 0.2) is 10.8 Å². The van der Waals surface area contributed by atoms with Crippen molar-refractivity contribution >= 4 is 21.4 Å². The summed E-state index contributed by atoms with van der Waals surface area (Å²) in [5.41, 5.74) is 0. The largest absolute Gasteiger partial charge is 0.494 e. The summed E-state index contributed by atoms with van der Waals surface area (Å²) < 4.78 is 38.1. The van der Waals surface area contributed by atoms with Gasteiger partial charge in [-0.3, -0.25) is 0 Å². The highest BCUT2D eigenvalue weighted by Crippen LogP contribution is 2.35. The standard InChI is InChI=1S/C19H21N3O4S2/c1-2-25-15-5-7-16(8-6-15)28(23,24)22-11-9-14(10-12-22)18-20-21-19(27-18)17-4-3-13-26-17/h3-8,13-14H,2,9-12H2,1H3. The smallest absolute Gasteiger partial charge is 0.243 e. The van der Waals surface area contributed by atoms with Crippen LogP contribution in [0, 0.1) is 0 Å². The zero-order valence-corrected chi connectivity index (χ0v) is 17.1. The minimum absolute atomic E-state index is 0.216. The van der Waals surface area contributed by atoms with Crippen LogP contribution in [0.15, 0.2) is 52.0 Å². The summed E-state index contributed by atoms with van der Waals surface area (Å²) in [5.74, 6) is 1.59. The summed E-state index contributed by atoms with van der Waals surface area (Å²) in [4.78, 5) is 0.297. The molecule has 1 aromatic carbocycles. The molecule has 9 heteroatoms. The first-order chi connectivity index (χ1) is 13.6. The second-order valence-corrected chi connectivity index (χ2v) is 9.45. The highest BCUT2D eigenvalue weighted by molar-refractivity contribution is 7.89. The van der Waals surface area contributed by atoms with E-state index in [1.165, 1.54) is 11.3 Å².